The maximum atomic E-state index is 10.3. The van der Waals surface area contributed by atoms with Crippen LogP contribution in [0.5, 0.6) is 0 Å². The van der Waals surface area contributed by atoms with Crippen molar-refractivity contribution < 1.29 is 19.8 Å². The predicted octanol–water partition coefficient (Wildman–Crippen LogP) is 1.60. The van der Waals surface area contributed by atoms with Crippen LogP contribution in [-0.4, -0.2) is 47.3 Å². The van der Waals surface area contributed by atoms with E-state index in [1.165, 1.54) is 32.1 Å². The number of hydrogen-bond donors (Lipinski definition) is 4. The first-order chi connectivity index (χ1) is 10.1. The molecule has 0 spiro atoms. The van der Waals surface area contributed by atoms with Crippen LogP contribution in [-0.2, 0) is 9.59 Å². The Labute approximate surface area is 126 Å². The molecular formula is C15H28N2O4. The van der Waals surface area contributed by atoms with Crippen molar-refractivity contribution in [2.45, 2.75) is 69.9 Å². The van der Waals surface area contributed by atoms with Gasteiger partial charge in [-0.25, -0.2) is 0 Å². The van der Waals surface area contributed by atoms with Gasteiger partial charge in [0.1, 0.15) is 0 Å². The SMILES string of the molecule is O=C(O)CNC1CC1.O=C(O)CNC1CCCCCCC1. The average Bonchev–Trinajstić information content (AvgIpc) is 3.19. The van der Waals surface area contributed by atoms with Gasteiger partial charge in [0, 0.05) is 12.1 Å². The summed E-state index contributed by atoms with van der Waals surface area (Å²) in [5, 5.41) is 22.6. The summed E-state index contributed by atoms with van der Waals surface area (Å²) in [7, 11) is 0. The third kappa shape index (κ3) is 11.2. The second kappa shape index (κ2) is 10.6. The van der Waals surface area contributed by atoms with Crippen LogP contribution in [0.3, 0.4) is 0 Å². The molecule has 122 valence electrons. The van der Waals surface area contributed by atoms with Crippen LogP contribution >= 0.6 is 0 Å². The molecule has 2 saturated carbocycles. The standard InChI is InChI=1S/C10H19NO2.C5H9NO2/c12-10(13)8-11-9-6-4-2-1-3-5-7-9;7-5(8)3-6-4-1-2-4/h9,11H,1-8H2,(H,12,13);4,6H,1-3H2,(H,7,8). The van der Waals surface area contributed by atoms with Gasteiger partial charge < -0.3 is 20.8 Å². The largest absolute Gasteiger partial charge is 0.480 e. The van der Waals surface area contributed by atoms with Crippen molar-refractivity contribution in [3.63, 3.8) is 0 Å². The molecule has 0 heterocycles. The van der Waals surface area contributed by atoms with Gasteiger partial charge in [0.05, 0.1) is 13.1 Å². The third-order valence-corrected chi connectivity index (χ3v) is 3.77. The number of carbonyl (C=O) groups is 2. The molecule has 0 aromatic heterocycles. The summed E-state index contributed by atoms with van der Waals surface area (Å²) < 4.78 is 0. The molecule has 0 radical (unpaired) electrons. The second-order valence-corrected chi connectivity index (χ2v) is 5.87. The Bertz CT molecular complexity index is 311. The summed E-state index contributed by atoms with van der Waals surface area (Å²) in [4.78, 5) is 20.2. The highest BCUT2D eigenvalue weighted by Crippen LogP contribution is 2.18. The van der Waals surface area contributed by atoms with E-state index in [2.05, 4.69) is 10.6 Å². The minimum atomic E-state index is -0.767. The van der Waals surface area contributed by atoms with Crippen LogP contribution in [0.4, 0.5) is 0 Å². The van der Waals surface area contributed by atoms with E-state index in [0.717, 1.165) is 25.7 Å². The molecule has 0 amide bonds. The number of rotatable bonds is 6. The average molecular weight is 300 g/mol. The normalized spacial score (nSPS) is 19.8. The summed E-state index contributed by atoms with van der Waals surface area (Å²) in [5.41, 5.74) is 0. The summed E-state index contributed by atoms with van der Waals surface area (Å²) in [5.74, 6) is -1.51. The number of carboxylic acids is 2. The van der Waals surface area contributed by atoms with E-state index in [1.807, 2.05) is 0 Å². The summed E-state index contributed by atoms with van der Waals surface area (Å²) >= 11 is 0. The maximum absolute atomic E-state index is 10.3. The summed E-state index contributed by atoms with van der Waals surface area (Å²) in [6.45, 7) is 0.231. The molecule has 21 heavy (non-hydrogen) atoms. The molecule has 0 aromatic rings. The summed E-state index contributed by atoms with van der Waals surface area (Å²) in [6.07, 6.45) is 11.1. The second-order valence-electron chi connectivity index (χ2n) is 5.87. The smallest absolute Gasteiger partial charge is 0.317 e. The number of nitrogens with one attached hydrogen (secondary N) is 2. The van der Waals surface area contributed by atoms with Crippen LogP contribution in [0.1, 0.15) is 57.8 Å². The van der Waals surface area contributed by atoms with Crippen LogP contribution in [0, 0.1) is 0 Å². The molecule has 2 aliphatic rings. The van der Waals surface area contributed by atoms with Gasteiger partial charge in [-0.1, -0.05) is 32.1 Å². The van der Waals surface area contributed by atoms with Crippen LogP contribution < -0.4 is 10.6 Å². The Kier molecular flexibility index (Phi) is 9.01. The number of carboxylic acid groups (broad SMARTS) is 2. The lowest BCUT2D eigenvalue weighted by Crippen LogP contribution is -2.33. The predicted molar refractivity (Wildman–Crippen MR) is 80.4 cm³/mol. The lowest BCUT2D eigenvalue weighted by molar-refractivity contribution is -0.137. The molecule has 2 rings (SSSR count). The molecule has 0 bridgehead atoms. The lowest BCUT2D eigenvalue weighted by Gasteiger charge is -2.19. The first-order valence-corrected chi connectivity index (χ1v) is 7.98. The fraction of sp³-hybridized carbons (Fsp3) is 0.867. The third-order valence-electron chi connectivity index (χ3n) is 3.77. The molecule has 4 N–H and O–H groups in total. The molecule has 0 atom stereocenters. The molecule has 6 heteroatoms. The first kappa shape index (κ1) is 17.9. The van der Waals surface area contributed by atoms with E-state index in [4.69, 9.17) is 10.2 Å². The number of hydrogen-bond acceptors (Lipinski definition) is 4. The highest BCUT2D eigenvalue weighted by Gasteiger charge is 2.20. The van der Waals surface area contributed by atoms with Crippen LogP contribution in [0.25, 0.3) is 0 Å². The van der Waals surface area contributed by atoms with E-state index in [0.29, 0.717) is 12.1 Å². The molecule has 2 fully saturated rings. The monoisotopic (exact) mass is 300 g/mol. The van der Waals surface area contributed by atoms with Crippen molar-refractivity contribution in [2.24, 2.45) is 0 Å². The highest BCUT2D eigenvalue weighted by atomic mass is 16.4. The van der Waals surface area contributed by atoms with Gasteiger partial charge in [0.25, 0.3) is 0 Å². The summed E-state index contributed by atoms with van der Waals surface area (Å²) in [6, 6.07) is 0.947. The van der Waals surface area contributed by atoms with Gasteiger partial charge >= 0.3 is 11.9 Å². The maximum Gasteiger partial charge on any atom is 0.317 e. The first-order valence-electron chi connectivity index (χ1n) is 7.98. The quantitative estimate of drug-likeness (QED) is 0.595. The van der Waals surface area contributed by atoms with E-state index in [1.54, 1.807) is 0 Å². The van der Waals surface area contributed by atoms with E-state index >= 15 is 0 Å². The highest BCUT2D eigenvalue weighted by molar-refractivity contribution is 5.69. The zero-order chi connectivity index (χ0) is 15.5. The van der Waals surface area contributed by atoms with Gasteiger partial charge in [-0.2, -0.15) is 0 Å². The van der Waals surface area contributed by atoms with Crippen molar-refractivity contribution >= 4 is 11.9 Å². The van der Waals surface area contributed by atoms with Gasteiger partial charge in [-0.15, -0.1) is 0 Å². The van der Waals surface area contributed by atoms with Crippen LogP contribution in [0.15, 0.2) is 0 Å². The molecule has 6 nitrogen and oxygen atoms in total. The lowest BCUT2D eigenvalue weighted by atomic mass is 9.97. The van der Waals surface area contributed by atoms with Crippen molar-refractivity contribution in [3.05, 3.63) is 0 Å². The Morgan fingerprint density at radius 1 is 0.714 bits per heavy atom. The molecule has 2 aliphatic carbocycles. The molecule has 0 unspecified atom stereocenters. The Balaban J connectivity index is 0.000000235. The van der Waals surface area contributed by atoms with Gasteiger partial charge in [0.15, 0.2) is 0 Å². The van der Waals surface area contributed by atoms with E-state index in [9.17, 15) is 9.59 Å². The Morgan fingerprint density at radius 3 is 1.48 bits per heavy atom. The fourth-order valence-corrected chi connectivity index (χ4v) is 2.41. The van der Waals surface area contributed by atoms with Gasteiger partial charge in [-0.3, -0.25) is 9.59 Å². The van der Waals surface area contributed by atoms with Crippen LogP contribution in [0.2, 0.25) is 0 Å². The van der Waals surface area contributed by atoms with Gasteiger partial charge in [0.2, 0.25) is 0 Å². The fourth-order valence-electron chi connectivity index (χ4n) is 2.41. The molecule has 0 aliphatic heterocycles. The Morgan fingerprint density at radius 2 is 1.10 bits per heavy atom. The van der Waals surface area contributed by atoms with Crippen molar-refractivity contribution in [1.29, 1.82) is 0 Å². The minimum Gasteiger partial charge on any atom is -0.480 e. The number of aliphatic carboxylic acids is 2. The minimum absolute atomic E-state index is 0.116. The topological polar surface area (TPSA) is 98.7 Å². The van der Waals surface area contributed by atoms with E-state index < -0.39 is 11.9 Å². The van der Waals surface area contributed by atoms with E-state index in [-0.39, 0.29) is 13.1 Å². The molecular weight excluding hydrogens is 272 g/mol. The van der Waals surface area contributed by atoms with Crippen molar-refractivity contribution in [2.75, 3.05) is 13.1 Å². The van der Waals surface area contributed by atoms with Gasteiger partial charge in [-0.05, 0) is 25.7 Å². The van der Waals surface area contributed by atoms with Crippen molar-refractivity contribution in [1.82, 2.24) is 10.6 Å². The van der Waals surface area contributed by atoms with Crippen molar-refractivity contribution in [3.8, 4) is 0 Å². The molecule has 0 aromatic carbocycles. The zero-order valence-corrected chi connectivity index (χ0v) is 12.6. The molecule has 0 saturated heterocycles. The zero-order valence-electron chi connectivity index (χ0n) is 12.6. The Hall–Kier alpha value is -1.14.